The molecule has 0 aliphatic heterocycles. The molecule has 0 aliphatic rings. The zero-order valence-corrected chi connectivity index (χ0v) is 38.1. The third-order valence-corrected chi connectivity index (χ3v) is 11.5. The fourth-order valence-electron chi connectivity index (χ4n) is 7.78. The summed E-state index contributed by atoms with van der Waals surface area (Å²) in [5, 5.41) is 0. The third kappa shape index (κ3) is 36.5. The van der Waals surface area contributed by atoms with E-state index < -0.39 is 0 Å². The molecule has 0 N–H and O–H groups in total. The van der Waals surface area contributed by atoms with Crippen molar-refractivity contribution in [3.05, 3.63) is 12.3 Å². The van der Waals surface area contributed by atoms with Crippen molar-refractivity contribution in [3.8, 4) is 0 Å². The van der Waals surface area contributed by atoms with Crippen LogP contribution in [0.3, 0.4) is 0 Å². The average Bonchev–Trinajstić information content (AvgIpc) is 3.17. The van der Waals surface area contributed by atoms with Gasteiger partial charge in [0.2, 0.25) is 5.91 Å². The molecule has 0 bridgehead atoms. The van der Waals surface area contributed by atoms with Crippen molar-refractivity contribution >= 4 is 11.9 Å². The molecular weight excluding hydrogens is 681 g/mol. The summed E-state index contributed by atoms with van der Waals surface area (Å²) in [4.78, 5) is 29.7. The molecule has 0 aromatic heterocycles. The first-order valence-electron chi connectivity index (χ1n) is 24.2. The minimum absolute atomic E-state index is 0.0317. The number of nitrogens with zero attached hydrogens (tertiary/aromatic N) is 2. The van der Waals surface area contributed by atoms with E-state index in [-0.39, 0.29) is 5.97 Å². The number of hydrogen-bond donors (Lipinski definition) is 0. The Bertz CT molecular complexity index is 790. The second kappa shape index (κ2) is 40.6. The highest BCUT2D eigenvalue weighted by Crippen LogP contribution is 2.23. The quantitative estimate of drug-likeness (QED) is 0.0351. The highest BCUT2D eigenvalue weighted by atomic mass is 16.5. The molecular formula is C49H96N2O4. The van der Waals surface area contributed by atoms with Crippen LogP contribution in [0.1, 0.15) is 233 Å². The number of carbonyl (C=O) groups is 2. The lowest BCUT2D eigenvalue weighted by Crippen LogP contribution is -2.33. The van der Waals surface area contributed by atoms with Crippen molar-refractivity contribution in [2.24, 2.45) is 11.8 Å². The van der Waals surface area contributed by atoms with Crippen molar-refractivity contribution < 1.29 is 19.1 Å². The van der Waals surface area contributed by atoms with Gasteiger partial charge in [-0.15, -0.1) is 0 Å². The molecule has 0 aromatic carbocycles. The average molecular weight is 777 g/mol. The van der Waals surface area contributed by atoms with E-state index in [2.05, 4.69) is 58.2 Å². The molecule has 0 unspecified atom stereocenters. The molecule has 0 saturated carbocycles. The highest BCUT2D eigenvalue weighted by Gasteiger charge is 2.14. The van der Waals surface area contributed by atoms with Crippen LogP contribution in [0.4, 0.5) is 0 Å². The predicted molar refractivity (Wildman–Crippen MR) is 239 cm³/mol. The Balaban J connectivity index is 4.16. The highest BCUT2D eigenvalue weighted by molar-refractivity contribution is 5.76. The number of amides is 1. The molecule has 0 fully saturated rings. The first kappa shape index (κ1) is 53.4. The second-order valence-corrected chi connectivity index (χ2v) is 17.2. The van der Waals surface area contributed by atoms with E-state index in [1.54, 1.807) is 0 Å². The minimum atomic E-state index is -0.0317. The zero-order chi connectivity index (χ0) is 40.6. The van der Waals surface area contributed by atoms with Crippen LogP contribution in [0, 0.1) is 11.8 Å². The summed E-state index contributed by atoms with van der Waals surface area (Å²) in [6.07, 6.45) is 37.4. The Hall–Kier alpha value is -1.56. The number of rotatable bonds is 43. The number of carbonyl (C=O) groups excluding carboxylic acids is 2. The lowest BCUT2D eigenvalue weighted by atomic mass is 9.91. The molecule has 6 heteroatoms. The van der Waals surface area contributed by atoms with Gasteiger partial charge < -0.3 is 19.3 Å². The van der Waals surface area contributed by atoms with Crippen molar-refractivity contribution in [3.63, 3.8) is 0 Å². The molecule has 0 aliphatic carbocycles. The van der Waals surface area contributed by atoms with Crippen molar-refractivity contribution in [1.29, 1.82) is 0 Å². The Morgan fingerprint density at radius 1 is 0.455 bits per heavy atom. The van der Waals surface area contributed by atoms with E-state index in [0.29, 0.717) is 25.4 Å². The van der Waals surface area contributed by atoms with Gasteiger partial charge in [0, 0.05) is 32.4 Å². The van der Waals surface area contributed by atoms with Gasteiger partial charge in [0.15, 0.2) is 0 Å². The molecule has 0 aromatic rings. The summed E-state index contributed by atoms with van der Waals surface area (Å²) in [5.41, 5.74) is 0. The smallest absolute Gasteiger partial charge is 0.305 e. The van der Waals surface area contributed by atoms with Gasteiger partial charge in [-0.2, -0.15) is 0 Å². The number of ether oxygens (including phenoxy) is 2. The minimum Gasteiger partial charge on any atom is -0.499 e. The van der Waals surface area contributed by atoms with Crippen LogP contribution < -0.4 is 0 Å². The lowest BCUT2D eigenvalue weighted by Gasteiger charge is -2.23. The van der Waals surface area contributed by atoms with Gasteiger partial charge in [0.25, 0.3) is 0 Å². The monoisotopic (exact) mass is 777 g/mol. The molecule has 0 heterocycles. The van der Waals surface area contributed by atoms with E-state index in [4.69, 9.17) is 9.47 Å². The van der Waals surface area contributed by atoms with E-state index in [1.807, 2.05) is 0 Å². The van der Waals surface area contributed by atoms with E-state index in [0.717, 1.165) is 114 Å². The Morgan fingerprint density at radius 3 is 1.35 bits per heavy atom. The third-order valence-electron chi connectivity index (χ3n) is 11.5. The van der Waals surface area contributed by atoms with Gasteiger partial charge >= 0.3 is 5.97 Å². The van der Waals surface area contributed by atoms with Crippen LogP contribution in [-0.2, 0) is 19.1 Å². The van der Waals surface area contributed by atoms with Gasteiger partial charge in [-0.25, -0.2) is 0 Å². The topological polar surface area (TPSA) is 59.1 Å². The maximum Gasteiger partial charge on any atom is 0.305 e. The summed E-state index contributed by atoms with van der Waals surface area (Å²) < 4.78 is 11.5. The number of unbranched alkanes of at least 4 members (excludes halogenated alkanes) is 14. The SMILES string of the molecule is C=C(CCCCCCCN(CCCCCCCC(=O)OCCCCC(CCCC)CCCC)C(=O)CCCN(C)C)OCCCCC(CCCC)CCCC. The number of allylic oxidation sites excluding steroid dienone is 1. The summed E-state index contributed by atoms with van der Waals surface area (Å²) in [5.74, 6) is 3.00. The standard InChI is InChI=1S/C49H96N2O4/c1-8-12-32-46(33-13-9-2)36-24-28-43-54-45(5)31-22-18-16-20-26-41-51(48(52)38-30-40-50(6)7)42-27-21-17-19-23-39-49(53)55-44-29-25-37-47(34-14-10-3)35-15-11-4/h46-47H,5,8-44H2,1-4,6-7H3. The summed E-state index contributed by atoms with van der Waals surface area (Å²) in [6.45, 7) is 17.4. The summed E-state index contributed by atoms with van der Waals surface area (Å²) in [6, 6.07) is 0. The molecule has 0 radical (unpaired) electrons. The van der Waals surface area contributed by atoms with Crippen molar-refractivity contribution in [2.45, 2.75) is 233 Å². The Morgan fingerprint density at radius 2 is 0.873 bits per heavy atom. The molecule has 55 heavy (non-hydrogen) atoms. The van der Waals surface area contributed by atoms with E-state index >= 15 is 0 Å². The van der Waals surface area contributed by atoms with Crippen LogP contribution in [0.15, 0.2) is 12.3 Å². The van der Waals surface area contributed by atoms with Crippen LogP contribution in [0.5, 0.6) is 0 Å². The summed E-state index contributed by atoms with van der Waals surface area (Å²) >= 11 is 0. The first-order chi connectivity index (χ1) is 26.8. The summed E-state index contributed by atoms with van der Waals surface area (Å²) in [7, 11) is 4.14. The Kier molecular flexibility index (Phi) is 39.5. The van der Waals surface area contributed by atoms with Gasteiger partial charge in [-0.1, -0.05) is 163 Å². The largest absolute Gasteiger partial charge is 0.499 e. The van der Waals surface area contributed by atoms with Gasteiger partial charge in [-0.05, 0) is 90.3 Å². The molecule has 0 spiro atoms. The molecule has 0 saturated heterocycles. The van der Waals surface area contributed by atoms with Gasteiger partial charge in [-0.3, -0.25) is 9.59 Å². The normalized spacial score (nSPS) is 11.6. The zero-order valence-electron chi connectivity index (χ0n) is 38.1. The molecule has 6 nitrogen and oxygen atoms in total. The van der Waals surface area contributed by atoms with Crippen LogP contribution >= 0.6 is 0 Å². The van der Waals surface area contributed by atoms with Gasteiger partial charge in [0.05, 0.1) is 19.0 Å². The van der Waals surface area contributed by atoms with Crippen LogP contribution in [0.2, 0.25) is 0 Å². The molecule has 1 amide bonds. The lowest BCUT2D eigenvalue weighted by molar-refractivity contribution is -0.144. The molecule has 0 rings (SSSR count). The second-order valence-electron chi connectivity index (χ2n) is 17.2. The fourth-order valence-corrected chi connectivity index (χ4v) is 7.78. The van der Waals surface area contributed by atoms with E-state index in [9.17, 15) is 9.59 Å². The molecule has 326 valence electrons. The first-order valence-corrected chi connectivity index (χ1v) is 24.2. The van der Waals surface area contributed by atoms with Gasteiger partial charge in [0.1, 0.15) is 0 Å². The van der Waals surface area contributed by atoms with Crippen LogP contribution in [-0.4, -0.2) is 68.6 Å². The fraction of sp³-hybridized carbons (Fsp3) is 0.918. The van der Waals surface area contributed by atoms with Crippen molar-refractivity contribution in [2.75, 3.05) is 46.9 Å². The maximum absolute atomic E-state index is 13.1. The Labute approximate surface area is 344 Å². The predicted octanol–water partition coefficient (Wildman–Crippen LogP) is 14.2. The molecule has 0 atom stereocenters. The maximum atomic E-state index is 13.1. The van der Waals surface area contributed by atoms with Crippen molar-refractivity contribution in [1.82, 2.24) is 9.80 Å². The van der Waals surface area contributed by atoms with Crippen LogP contribution in [0.25, 0.3) is 0 Å². The van der Waals surface area contributed by atoms with E-state index in [1.165, 1.54) is 122 Å². The number of hydrogen-bond acceptors (Lipinski definition) is 5. The number of esters is 1.